The predicted molar refractivity (Wildman–Crippen MR) is 99.8 cm³/mol. The van der Waals surface area contributed by atoms with Gasteiger partial charge in [0.05, 0.1) is 5.69 Å². The fourth-order valence-corrected chi connectivity index (χ4v) is 2.97. The largest absolute Gasteiger partial charge is 0.371 e. The lowest BCUT2D eigenvalue weighted by Gasteiger charge is -2.29. The van der Waals surface area contributed by atoms with E-state index in [1.165, 1.54) is 30.5 Å². The highest BCUT2D eigenvalue weighted by Crippen LogP contribution is 2.24. The van der Waals surface area contributed by atoms with Crippen molar-refractivity contribution in [3.63, 3.8) is 0 Å². The molecule has 0 atom stereocenters. The number of anilines is 2. The van der Waals surface area contributed by atoms with Crippen LogP contribution < -0.4 is 10.2 Å². The lowest BCUT2D eigenvalue weighted by molar-refractivity contribution is 0.577. The average molecular weight is 307 g/mol. The summed E-state index contributed by atoms with van der Waals surface area (Å²) in [5.74, 6) is 0.961. The van der Waals surface area contributed by atoms with Gasteiger partial charge >= 0.3 is 0 Å². The molecule has 3 rings (SSSR count). The van der Waals surface area contributed by atoms with Gasteiger partial charge in [0.15, 0.2) is 0 Å². The van der Waals surface area contributed by atoms with Crippen LogP contribution >= 0.6 is 0 Å². The zero-order valence-corrected chi connectivity index (χ0v) is 13.8. The number of pyridine rings is 1. The number of nitrogens with zero attached hydrogens (tertiary/aromatic N) is 2. The quantitative estimate of drug-likeness (QED) is 0.869. The third-order valence-corrected chi connectivity index (χ3v) is 4.16. The Kier molecular flexibility index (Phi) is 5.30. The summed E-state index contributed by atoms with van der Waals surface area (Å²) in [7, 11) is 0. The van der Waals surface area contributed by atoms with Crippen molar-refractivity contribution in [3.05, 3.63) is 53.7 Å². The van der Waals surface area contributed by atoms with Crippen molar-refractivity contribution < 1.29 is 0 Å². The van der Waals surface area contributed by atoms with E-state index in [1.54, 1.807) is 0 Å². The van der Waals surface area contributed by atoms with Crippen LogP contribution in [0.15, 0.2) is 42.5 Å². The van der Waals surface area contributed by atoms with Crippen molar-refractivity contribution in [2.75, 3.05) is 29.9 Å². The molecule has 1 N–H and O–H groups in total. The van der Waals surface area contributed by atoms with Crippen molar-refractivity contribution in [2.45, 2.75) is 26.2 Å². The molecule has 1 aliphatic heterocycles. The lowest BCUT2D eigenvalue weighted by Crippen LogP contribution is -2.29. The van der Waals surface area contributed by atoms with E-state index in [0.717, 1.165) is 31.1 Å². The van der Waals surface area contributed by atoms with E-state index >= 15 is 0 Å². The molecular weight excluding hydrogens is 282 g/mol. The van der Waals surface area contributed by atoms with Gasteiger partial charge in [-0.3, -0.25) is 0 Å². The van der Waals surface area contributed by atoms with E-state index in [9.17, 15) is 0 Å². The van der Waals surface area contributed by atoms with Crippen LogP contribution in [0.1, 0.15) is 37.4 Å². The summed E-state index contributed by atoms with van der Waals surface area (Å²) in [4.78, 5) is 7.19. The first kappa shape index (κ1) is 15.6. The third-order valence-electron chi connectivity index (χ3n) is 4.16. The van der Waals surface area contributed by atoms with Gasteiger partial charge in [0.25, 0.3) is 0 Å². The fourth-order valence-electron chi connectivity index (χ4n) is 2.97. The van der Waals surface area contributed by atoms with Crippen LogP contribution in [-0.4, -0.2) is 24.6 Å². The first-order valence-electron chi connectivity index (χ1n) is 8.59. The second-order valence-corrected chi connectivity index (χ2v) is 5.96. The van der Waals surface area contributed by atoms with Crippen LogP contribution in [0.5, 0.6) is 0 Å². The maximum atomic E-state index is 4.71. The minimum atomic E-state index is 0.887. The molecule has 0 radical (unpaired) electrons. The van der Waals surface area contributed by atoms with Crippen LogP contribution in [0.4, 0.5) is 11.5 Å². The maximum absolute atomic E-state index is 4.71. The SMILES string of the molecule is CCNc1cc(N2CCCCC2)cc(/C=C/c2ccccc2)n1. The fraction of sp³-hybridized carbons (Fsp3) is 0.350. The molecule has 1 aromatic carbocycles. The van der Waals surface area contributed by atoms with Gasteiger partial charge in [-0.15, -0.1) is 0 Å². The van der Waals surface area contributed by atoms with Gasteiger partial charge in [0.1, 0.15) is 5.82 Å². The Hall–Kier alpha value is -2.29. The van der Waals surface area contributed by atoms with E-state index in [1.807, 2.05) is 6.07 Å². The van der Waals surface area contributed by atoms with E-state index < -0.39 is 0 Å². The normalized spacial score (nSPS) is 15.1. The lowest BCUT2D eigenvalue weighted by atomic mass is 10.1. The van der Waals surface area contributed by atoms with Crippen molar-refractivity contribution in [1.82, 2.24) is 4.98 Å². The van der Waals surface area contributed by atoms with Gasteiger partial charge in [0, 0.05) is 31.4 Å². The Morgan fingerprint density at radius 2 is 1.83 bits per heavy atom. The van der Waals surface area contributed by atoms with E-state index in [0.29, 0.717) is 0 Å². The van der Waals surface area contributed by atoms with Gasteiger partial charge in [-0.05, 0) is 43.9 Å². The molecule has 1 aromatic heterocycles. The molecule has 0 amide bonds. The summed E-state index contributed by atoms with van der Waals surface area (Å²) < 4.78 is 0. The Morgan fingerprint density at radius 3 is 2.57 bits per heavy atom. The molecule has 2 heterocycles. The molecule has 1 fully saturated rings. The molecule has 0 spiro atoms. The summed E-state index contributed by atoms with van der Waals surface area (Å²) in [6.07, 6.45) is 8.15. The summed E-state index contributed by atoms with van der Waals surface area (Å²) in [6, 6.07) is 14.7. The zero-order valence-electron chi connectivity index (χ0n) is 13.8. The van der Waals surface area contributed by atoms with E-state index in [-0.39, 0.29) is 0 Å². The summed E-state index contributed by atoms with van der Waals surface area (Å²) in [6.45, 7) is 5.29. The van der Waals surface area contributed by atoms with Crippen LogP contribution in [0, 0.1) is 0 Å². The van der Waals surface area contributed by atoms with Gasteiger partial charge in [-0.1, -0.05) is 36.4 Å². The molecule has 0 aliphatic carbocycles. The molecule has 0 unspecified atom stereocenters. The highest BCUT2D eigenvalue weighted by Gasteiger charge is 2.12. The van der Waals surface area contributed by atoms with Crippen molar-refractivity contribution in [2.24, 2.45) is 0 Å². The first-order valence-corrected chi connectivity index (χ1v) is 8.59. The Balaban J connectivity index is 1.86. The highest BCUT2D eigenvalue weighted by atomic mass is 15.1. The van der Waals surface area contributed by atoms with Crippen molar-refractivity contribution in [1.29, 1.82) is 0 Å². The number of aromatic nitrogens is 1. The number of benzene rings is 1. The smallest absolute Gasteiger partial charge is 0.128 e. The average Bonchev–Trinajstić information content (AvgIpc) is 2.62. The number of hydrogen-bond acceptors (Lipinski definition) is 3. The van der Waals surface area contributed by atoms with Crippen molar-refractivity contribution >= 4 is 23.7 Å². The highest BCUT2D eigenvalue weighted by molar-refractivity contribution is 5.71. The Morgan fingerprint density at radius 1 is 1.04 bits per heavy atom. The van der Waals surface area contributed by atoms with Crippen LogP contribution in [0.25, 0.3) is 12.2 Å². The van der Waals surface area contributed by atoms with Gasteiger partial charge in [-0.25, -0.2) is 4.98 Å². The Labute approximate surface area is 139 Å². The molecule has 2 aromatic rings. The number of nitrogens with one attached hydrogen (secondary N) is 1. The summed E-state index contributed by atoms with van der Waals surface area (Å²) in [5.41, 5.74) is 3.49. The second-order valence-electron chi connectivity index (χ2n) is 5.96. The molecule has 1 saturated heterocycles. The minimum Gasteiger partial charge on any atom is -0.371 e. The van der Waals surface area contributed by atoms with E-state index in [4.69, 9.17) is 4.98 Å². The Bertz CT molecular complexity index is 643. The van der Waals surface area contributed by atoms with Crippen LogP contribution in [-0.2, 0) is 0 Å². The van der Waals surface area contributed by atoms with E-state index in [2.05, 4.69) is 65.7 Å². The summed E-state index contributed by atoms with van der Waals surface area (Å²) >= 11 is 0. The maximum Gasteiger partial charge on any atom is 0.128 e. The molecule has 1 aliphatic rings. The number of rotatable bonds is 5. The van der Waals surface area contributed by atoms with Crippen molar-refractivity contribution in [3.8, 4) is 0 Å². The molecule has 3 nitrogen and oxygen atoms in total. The monoisotopic (exact) mass is 307 g/mol. The standard InChI is InChI=1S/C20H25N3/c1-2-21-20-16-19(23-13-7-4-8-14-23)15-18(22-20)12-11-17-9-5-3-6-10-17/h3,5-6,9-12,15-16H,2,4,7-8,13-14H2,1H3,(H,21,22)/b12-11+. The zero-order chi connectivity index (χ0) is 15.9. The summed E-state index contributed by atoms with van der Waals surface area (Å²) in [5, 5.41) is 3.35. The first-order chi connectivity index (χ1) is 11.3. The predicted octanol–water partition coefficient (Wildman–Crippen LogP) is 4.67. The second kappa shape index (κ2) is 7.82. The molecule has 0 bridgehead atoms. The molecule has 0 saturated carbocycles. The van der Waals surface area contributed by atoms with Gasteiger partial charge < -0.3 is 10.2 Å². The molecule has 120 valence electrons. The number of hydrogen-bond donors (Lipinski definition) is 1. The van der Waals surface area contributed by atoms with Gasteiger partial charge in [0.2, 0.25) is 0 Å². The molecular formula is C20H25N3. The van der Waals surface area contributed by atoms with Crippen LogP contribution in [0.3, 0.4) is 0 Å². The van der Waals surface area contributed by atoms with Crippen LogP contribution in [0.2, 0.25) is 0 Å². The topological polar surface area (TPSA) is 28.2 Å². The van der Waals surface area contributed by atoms with Gasteiger partial charge in [-0.2, -0.15) is 0 Å². The minimum absolute atomic E-state index is 0.887. The number of piperidine rings is 1. The molecule has 3 heteroatoms. The third kappa shape index (κ3) is 4.35. The molecule has 23 heavy (non-hydrogen) atoms.